The van der Waals surface area contributed by atoms with Crippen molar-refractivity contribution in [2.45, 2.75) is 19.6 Å². The molecule has 112 valence electrons. The maximum Gasteiger partial charge on any atom is 0.350 e. The molecule has 1 N–H and O–H groups in total. The lowest BCUT2D eigenvalue weighted by Gasteiger charge is -2.29. The normalized spacial score (nSPS) is 16.9. The third-order valence-electron chi connectivity index (χ3n) is 2.86. The third-order valence-corrected chi connectivity index (χ3v) is 2.86. The van der Waals surface area contributed by atoms with Crippen LogP contribution >= 0.6 is 0 Å². The second-order valence-electron chi connectivity index (χ2n) is 5.33. The van der Waals surface area contributed by atoms with Gasteiger partial charge in [-0.3, -0.25) is 0 Å². The summed E-state index contributed by atoms with van der Waals surface area (Å²) in [5.74, 6) is -2.63. The predicted molar refractivity (Wildman–Crippen MR) is 78.7 cm³/mol. The topological polar surface area (TPSA) is 67.9 Å². The number of anilines is 2. The number of esters is 2. The van der Waals surface area contributed by atoms with Gasteiger partial charge in [0.2, 0.25) is 0 Å². The van der Waals surface area contributed by atoms with Gasteiger partial charge >= 0.3 is 11.9 Å². The van der Waals surface area contributed by atoms with Gasteiger partial charge < -0.3 is 19.7 Å². The highest BCUT2D eigenvalue weighted by Gasteiger charge is 2.38. The molecule has 6 heteroatoms. The number of carbonyl (C=O) groups excluding carboxylic acids is 2. The first-order chi connectivity index (χ1) is 9.78. The van der Waals surface area contributed by atoms with E-state index in [4.69, 9.17) is 9.47 Å². The summed E-state index contributed by atoms with van der Waals surface area (Å²) in [7, 11) is 3.85. The minimum atomic E-state index is -1.23. The summed E-state index contributed by atoms with van der Waals surface area (Å²) in [6.45, 7) is 3.02. The number of nitrogens with one attached hydrogen (secondary N) is 1. The molecule has 1 aromatic rings. The fourth-order valence-electron chi connectivity index (χ4n) is 1.81. The molecule has 0 saturated carbocycles. The molecule has 0 unspecified atom stereocenters. The molecule has 1 aliphatic rings. The van der Waals surface area contributed by atoms with Crippen molar-refractivity contribution in [3.05, 3.63) is 36.0 Å². The lowest BCUT2D eigenvalue weighted by Crippen LogP contribution is -2.42. The number of cyclic esters (lactones) is 2. The first-order valence-corrected chi connectivity index (χ1v) is 6.49. The average molecular weight is 290 g/mol. The summed E-state index contributed by atoms with van der Waals surface area (Å²) < 4.78 is 10.0. The second-order valence-corrected chi connectivity index (χ2v) is 5.33. The minimum Gasteiger partial charge on any atom is -0.419 e. The maximum absolute atomic E-state index is 11.8. The molecule has 1 aliphatic heterocycles. The molecule has 0 aromatic heterocycles. The summed E-state index contributed by atoms with van der Waals surface area (Å²) >= 11 is 0. The van der Waals surface area contributed by atoms with Crippen molar-refractivity contribution in [2.75, 3.05) is 24.3 Å². The molecule has 0 aliphatic carbocycles. The van der Waals surface area contributed by atoms with E-state index in [0.717, 1.165) is 11.4 Å². The fraction of sp³-hybridized carbons (Fsp3) is 0.333. The number of hydrogen-bond donors (Lipinski definition) is 1. The Morgan fingerprint density at radius 1 is 1.14 bits per heavy atom. The van der Waals surface area contributed by atoms with Crippen LogP contribution in [0.5, 0.6) is 0 Å². The van der Waals surface area contributed by atoms with Gasteiger partial charge in [0.25, 0.3) is 5.79 Å². The van der Waals surface area contributed by atoms with E-state index in [0.29, 0.717) is 0 Å². The SMILES string of the molecule is CN(C)c1cccc(NC=C2C(=O)OC(C)(C)OC2=O)c1. The molecule has 0 spiro atoms. The van der Waals surface area contributed by atoms with E-state index in [-0.39, 0.29) is 5.57 Å². The summed E-state index contributed by atoms with van der Waals surface area (Å²) in [6, 6.07) is 7.54. The average Bonchev–Trinajstić information content (AvgIpc) is 2.36. The number of ether oxygens (including phenoxy) is 2. The molecule has 6 nitrogen and oxygen atoms in total. The van der Waals surface area contributed by atoms with Gasteiger partial charge in [-0.25, -0.2) is 9.59 Å². The number of carbonyl (C=O) groups is 2. The summed E-state index contributed by atoms with van der Waals surface area (Å²) in [4.78, 5) is 25.5. The van der Waals surface area contributed by atoms with E-state index < -0.39 is 17.7 Å². The highest BCUT2D eigenvalue weighted by molar-refractivity contribution is 6.15. The lowest BCUT2D eigenvalue weighted by molar-refractivity contribution is -0.222. The van der Waals surface area contributed by atoms with Crippen LogP contribution in [0, 0.1) is 0 Å². The van der Waals surface area contributed by atoms with Crippen LogP contribution in [0.25, 0.3) is 0 Å². The molecule has 1 heterocycles. The second kappa shape index (κ2) is 5.47. The Kier molecular flexibility index (Phi) is 3.88. The molecule has 21 heavy (non-hydrogen) atoms. The van der Waals surface area contributed by atoms with Gasteiger partial charge in [-0.15, -0.1) is 0 Å². The van der Waals surface area contributed by atoms with Crippen molar-refractivity contribution in [3.8, 4) is 0 Å². The first kappa shape index (κ1) is 14.9. The zero-order chi connectivity index (χ0) is 15.6. The largest absolute Gasteiger partial charge is 0.419 e. The van der Waals surface area contributed by atoms with E-state index in [1.807, 2.05) is 43.3 Å². The highest BCUT2D eigenvalue weighted by atomic mass is 16.7. The monoisotopic (exact) mass is 290 g/mol. The molecular weight excluding hydrogens is 272 g/mol. The van der Waals surface area contributed by atoms with Gasteiger partial charge in [0.15, 0.2) is 5.57 Å². The van der Waals surface area contributed by atoms with Crippen molar-refractivity contribution >= 4 is 23.3 Å². The van der Waals surface area contributed by atoms with Crippen molar-refractivity contribution in [3.63, 3.8) is 0 Å². The van der Waals surface area contributed by atoms with Crippen LogP contribution in [0.2, 0.25) is 0 Å². The van der Waals surface area contributed by atoms with Crippen LogP contribution in [0.4, 0.5) is 11.4 Å². The number of hydrogen-bond acceptors (Lipinski definition) is 6. The van der Waals surface area contributed by atoms with Gasteiger partial charge in [0.05, 0.1) is 0 Å². The highest BCUT2D eigenvalue weighted by Crippen LogP contribution is 2.23. The summed E-state index contributed by atoms with van der Waals surface area (Å²) in [5.41, 5.74) is 1.58. The molecule has 1 saturated heterocycles. The number of nitrogens with zero attached hydrogens (tertiary/aromatic N) is 1. The summed E-state index contributed by atoms with van der Waals surface area (Å²) in [6.07, 6.45) is 1.30. The Morgan fingerprint density at radius 2 is 1.76 bits per heavy atom. The molecule has 1 fully saturated rings. The van der Waals surface area contributed by atoms with Crippen LogP contribution in [0.3, 0.4) is 0 Å². The number of benzene rings is 1. The third kappa shape index (κ3) is 3.53. The molecule has 0 amide bonds. The Hall–Kier alpha value is -2.50. The van der Waals surface area contributed by atoms with E-state index in [1.165, 1.54) is 20.0 Å². The van der Waals surface area contributed by atoms with Crippen molar-refractivity contribution in [2.24, 2.45) is 0 Å². The number of rotatable bonds is 3. The zero-order valence-corrected chi connectivity index (χ0v) is 12.5. The summed E-state index contributed by atoms with van der Waals surface area (Å²) in [5, 5.41) is 2.91. The van der Waals surface area contributed by atoms with Gasteiger partial charge in [-0.1, -0.05) is 6.07 Å². The van der Waals surface area contributed by atoms with Gasteiger partial charge in [0, 0.05) is 45.5 Å². The van der Waals surface area contributed by atoms with E-state index in [1.54, 1.807) is 0 Å². The first-order valence-electron chi connectivity index (χ1n) is 6.49. The Morgan fingerprint density at radius 3 is 2.33 bits per heavy atom. The minimum absolute atomic E-state index is 0.162. The molecular formula is C15H18N2O4. The van der Waals surface area contributed by atoms with E-state index in [2.05, 4.69) is 5.32 Å². The smallest absolute Gasteiger partial charge is 0.350 e. The van der Waals surface area contributed by atoms with Gasteiger partial charge in [0.1, 0.15) is 0 Å². The van der Waals surface area contributed by atoms with Crippen LogP contribution in [-0.4, -0.2) is 31.8 Å². The van der Waals surface area contributed by atoms with Crippen LogP contribution in [-0.2, 0) is 19.1 Å². The predicted octanol–water partition coefficient (Wildman–Crippen LogP) is 1.88. The van der Waals surface area contributed by atoms with Crippen molar-refractivity contribution in [1.82, 2.24) is 0 Å². The molecule has 2 rings (SSSR count). The van der Waals surface area contributed by atoms with Gasteiger partial charge in [-0.2, -0.15) is 0 Å². The van der Waals surface area contributed by atoms with Crippen LogP contribution in [0.15, 0.2) is 36.0 Å². The standard InChI is InChI=1S/C15H18N2O4/c1-15(2)20-13(18)12(14(19)21-15)9-16-10-6-5-7-11(8-10)17(3)4/h5-9,16H,1-4H3. The quantitative estimate of drug-likeness (QED) is 0.521. The van der Waals surface area contributed by atoms with Crippen LogP contribution < -0.4 is 10.2 Å². The Bertz CT molecular complexity index is 583. The molecule has 1 aromatic carbocycles. The zero-order valence-electron chi connectivity index (χ0n) is 12.5. The lowest BCUT2D eigenvalue weighted by atomic mass is 10.2. The molecule has 0 radical (unpaired) electrons. The Balaban J connectivity index is 2.16. The fourth-order valence-corrected chi connectivity index (χ4v) is 1.81. The van der Waals surface area contributed by atoms with Gasteiger partial charge in [-0.05, 0) is 18.2 Å². The van der Waals surface area contributed by atoms with Crippen LogP contribution in [0.1, 0.15) is 13.8 Å². The molecule has 0 bridgehead atoms. The van der Waals surface area contributed by atoms with E-state index >= 15 is 0 Å². The molecule has 0 atom stereocenters. The maximum atomic E-state index is 11.8. The van der Waals surface area contributed by atoms with E-state index in [9.17, 15) is 9.59 Å². The van der Waals surface area contributed by atoms with Crippen molar-refractivity contribution < 1.29 is 19.1 Å². The van der Waals surface area contributed by atoms with Crippen molar-refractivity contribution in [1.29, 1.82) is 0 Å². The Labute approximate surface area is 123 Å².